The third kappa shape index (κ3) is 3.09. The number of fused-ring (bicyclic) bond motifs is 1. The van der Waals surface area contributed by atoms with Crippen LogP contribution in [0.15, 0.2) is 24.3 Å². The van der Waals surface area contributed by atoms with Gasteiger partial charge in [0.15, 0.2) is 0 Å². The third-order valence-corrected chi connectivity index (χ3v) is 1.37. The lowest BCUT2D eigenvalue weighted by molar-refractivity contribution is -0.491. The van der Waals surface area contributed by atoms with Gasteiger partial charge >= 0.3 is 0 Å². The van der Waals surface area contributed by atoms with Crippen LogP contribution in [-0.2, 0) is 14.8 Å². The summed E-state index contributed by atoms with van der Waals surface area (Å²) in [7, 11) is 2.73. The first-order chi connectivity index (χ1) is 6.88. The summed E-state index contributed by atoms with van der Waals surface area (Å²) in [5.41, 5.74) is 1.90. The normalized spacial score (nSPS) is 9.57. The average Bonchev–Trinajstić information content (AvgIpc) is 2.67. The lowest BCUT2D eigenvalue weighted by Crippen LogP contribution is -1.82. The standard InChI is InChI=1S/C6H5N3.C2H6O3/c1-2-4-6-5(3-1)7-9-8-6;1-3-5-4-2/h1-4H,(H,7,8,9);1-2H3. The largest absolute Gasteiger partial charge is 0.258 e. The van der Waals surface area contributed by atoms with Crippen molar-refractivity contribution in [3.05, 3.63) is 24.3 Å². The first-order valence-electron chi connectivity index (χ1n) is 3.87. The smallest absolute Gasteiger partial charge is 0.112 e. The molecule has 0 radical (unpaired) electrons. The molecular formula is C8H11N3O3. The second-order valence-corrected chi connectivity index (χ2v) is 2.23. The maximum absolute atomic E-state index is 3.97. The van der Waals surface area contributed by atoms with E-state index in [4.69, 9.17) is 0 Å². The molecule has 0 unspecified atom stereocenters. The van der Waals surface area contributed by atoms with Crippen molar-refractivity contribution in [1.82, 2.24) is 15.4 Å². The van der Waals surface area contributed by atoms with Gasteiger partial charge in [-0.2, -0.15) is 0 Å². The van der Waals surface area contributed by atoms with Crippen molar-refractivity contribution < 1.29 is 14.8 Å². The van der Waals surface area contributed by atoms with Crippen molar-refractivity contribution in [2.24, 2.45) is 0 Å². The number of hydrogen-bond donors (Lipinski definition) is 1. The Bertz CT molecular complexity index is 331. The summed E-state index contributed by atoms with van der Waals surface area (Å²) in [5, 5.41) is 14.0. The Labute approximate surface area is 80.6 Å². The van der Waals surface area contributed by atoms with Crippen LogP contribution in [0.5, 0.6) is 0 Å². The molecule has 0 saturated carbocycles. The van der Waals surface area contributed by atoms with Gasteiger partial charge in [-0.15, -0.1) is 5.10 Å². The van der Waals surface area contributed by atoms with Crippen LogP contribution in [0.1, 0.15) is 0 Å². The van der Waals surface area contributed by atoms with E-state index in [2.05, 4.69) is 30.2 Å². The molecule has 1 aromatic carbocycles. The molecule has 6 heteroatoms. The zero-order valence-electron chi connectivity index (χ0n) is 7.93. The van der Waals surface area contributed by atoms with E-state index in [-0.39, 0.29) is 0 Å². The summed E-state index contributed by atoms with van der Waals surface area (Å²) in [6.45, 7) is 0. The summed E-state index contributed by atoms with van der Waals surface area (Å²) in [6.07, 6.45) is 0. The zero-order chi connectivity index (χ0) is 10.2. The zero-order valence-corrected chi connectivity index (χ0v) is 7.93. The van der Waals surface area contributed by atoms with Crippen molar-refractivity contribution in [1.29, 1.82) is 0 Å². The van der Waals surface area contributed by atoms with Gasteiger partial charge in [0.2, 0.25) is 0 Å². The minimum absolute atomic E-state index is 0.914. The van der Waals surface area contributed by atoms with E-state index >= 15 is 0 Å². The summed E-state index contributed by atoms with van der Waals surface area (Å²) in [4.78, 5) is 7.94. The van der Waals surface area contributed by atoms with E-state index in [0.717, 1.165) is 11.0 Å². The molecule has 6 nitrogen and oxygen atoms in total. The highest BCUT2D eigenvalue weighted by Crippen LogP contribution is 2.03. The van der Waals surface area contributed by atoms with Gasteiger partial charge in [-0.1, -0.05) is 22.4 Å². The van der Waals surface area contributed by atoms with Crippen molar-refractivity contribution in [3.63, 3.8) is 0 Å². The number of hydrogen-bond acceptors (Lipinski definition) is 5. The summed E-state index contributed by atoms with van der Waals surface area (Å²) >= 11 is 0. The van der Waals surface area contributed by atoms with Gasteiger partial charge in [-0.25, -0.2) is 9.78 Å². The molecule has 0 fully saturated rings. The highest BCUT2D eigenvalue weighted by Gasteiger charge is 1.90. The van der Waals surface area contributed by atoms with Gasteiger partial charge < -0.3 is 0 Å². The quantitative estimate of drug-likeness (QED) is 0.576. The fourth-order valence-electron chi connectivity index (χ4n) is 0.856. The van der Waals surface area contributed by atoms with Gasteiger partial charge in [0.25, 0.3) is 0 Å². The van der Waals surface area contributed by atoms with Crippen LogP contribution in [0.2, 0.25) is 0 Å². The van der Waals surface area contributed by atoms with Crippen LogP contribution in [-0.4, -0.2) is 29.6 Å². The van der Waals surface area contributed by atoms with Crippen molar-refractivity contribution in [3.8, 4) is 0 Å². The Balaban J connectivity index is 0.000000171. The molecule has 0 spiro atoms. The molecule has 0 aliphatic rings. The number of rotatable bonds is 2. The number of H-pyrrole nitrogens is 1. The summed E-state index contributed by atoms with van der Waals surface area (Å²) in [6, 6.07) is 7.74. The predicted molar refractivity (Wildman–Crippen MR) is 49.0 cm³/mol. The number of para-hydroxylation sites is 1. The first kappa shape index (κ1) is 10.6. The highest BCUT2D eigenvalue weighted by atomic mass is 17.5. The van der Waals surface area contributed by atoms with E-state index in [9.17, 15) is 0 Å². The molecule has 1 aromatic heterocycles. The number of nitrogens with zero attached hydrogens (tertiary/aromatic N) is 2. The maximum Gasteiger partial charge on any atom is 0.112 e. The number of aromatic nitrogens is 3. The highest BCUT2D eigenvalue weighted by molar-refractivity contribution is 5.72. The van der Waals surface area contributed by atoms with Crippen LogP contribution >= 0.6 is 0 Å². The van der Waals surface area contributed by atoms with Crippen LogP contribution in [0.25, 0.3) is 11.0 Å². The molecule has 2 rings (SSSR count). The van der Waals surface area contributed by atoms with E-state index in [1.807, 2.05) is 24.3 Å². The average molecular weight is 197 g/mol. The number of nitrogens with one attached hydrogen (secondary N) is 1. The van der Waals surface area contributed by atoms with Gasteiger partial charge in [0.05, 0.1) is 19.7 Å². The molecule has 0 aliphatic carbocycles. The number of benzene rings is 1. The Morgan fingerprint density at radius 1 is 1.14 bits per heavy atom. The molecule has 0 atom stereocenters. The Hall–Kier alpha value is -1.50. The van der Waals surface area contributed by atoms with Gasteiger partial charge in [0.1, 0.15) is 5.52 Å². The SMILES string of the molecule is COOOC.c1ccc2[nH]nnc2c1. The van der Waals surface area contributed by atoms with Gasteiger partial charge in [0, 0.05) is 0 Å². The monoisotopic (exact) mass is 197 g/mol. The van der Waals surface area contributed by atoms with Gasteiger partial charge in [-0.05, 0) is 12.1 Å². The van der Waals surface area contributed by atoms with Gasteiger partial charge in [-0.3, -0.25) is 5.10 Å². The Morgan fingerprint density at radius 3 is 2.43 bits per heavy atom. The predicted octanol–water partition coefficient (Wildman–Crippen LogP) is 1.08. The minimum Gasteiger partial charge on any atom is -0.258 e. The summed E-state index contributed by atoms with van der Waals surface area (Å²) < 4.78 is 0. The molecule has 0 aliphatic heterocycles. The second-order valence-electron chi connectivity index (χ2n) is 2.23. The molecule has 1 N–H and O–H groups in total. The molecule has 1 heterocycles. The Kier molecular flexibility index (Phi) is 4.56. The topological polar surface area (TPSA) is 69.3 Å². The lowest BCUT2D eigenvalue weighted by atomic mass is 10.3. The minimum atomic E-state index is 0.914. The number of aromatic amines is 1. The van der Waals surface area contributed by atoms with Crippen molar-refractivity contribution >= 4 is 11.0 Å². The lowest BCUT2D eigenvalue weighted by Gasteiger charge is -1.85. The molecule has 14 heavy (non-hydrogen) atoms. The molecule has 2 aromatic rings. The molecule has 76 valence electrons. The third-order valence-electron chi connectivity index (χ3n) is 1.37. The Morgan fingerprint density at radius 2 is 1.86 bits per heavy atom. The molecule has 0 bridgehead atoms. The fourth-order valence-corrected chi connectivity index (χ4v) is 0.856. The summed E-state index contributed by atoms with van der Waals surface area (Å²) in [5.74, 6) is 0. The van der Waals surface area contributed by atoms with E-state index < -0.39 is 0 Å². The van der Waals surface area contributed by atoms with E-state index in [1.165, 1.54) is 14.2 Å². The second kappa shape index (κ2) is 6.03. The fraction of sp³-hybridized carbons (Fsp3) is 0.250. The van der Waals surface area contributed by atoms with Crippen LogP contribution < -0.4 is 0 Å². The molecule has 0 amide bonds. The van der Waals surface area contributed by atoms with Crippen molar-refractivity contribution in [2.45, 2.75) is 0 Å². The van der Waals surface area contributed by atoms with E-state index in [1.54, 1.807) is 0 Å². The van der Waals surface area contributed by atoms with Crippen LogP contribution in [0.3, 0.4) is 0 Å². The molecular weight excluding hydrogens is 186 g/mol. The molecule has 0 saturated heterocycles. The maximum atomic E-state index is 3.97. The van der Waals surface area contributed by atoms with Crippen LogP contribution in [0.4, 0.5) is 0 Å². The van der Waals surface area contributed by atoms with Crippen molar-refractivity contribution in [2.75, 3.05) is 14.2 Å². The first-order valence-corrected chi connectivity index (χ1v) is 3.87. The van der Waals surface area contributed by atoms with E-state index in [0.29, 0.717) is 0 Å². The van der Waals surface area contributed by atoms with Crippen LogP contribution in [0, 0.1) is 0 Å².